The largest absolute Gasteiger partial charge is 0.378 e. The number of aromatic nitrogens is 3. The van der Waals surface area contributed by atoms with E-state index in [1.807, 2.05) is 14.0 Å². The Morgan fingerprint density at radius 1 is 1.12 bits per heavy atom. The summed E-state index contributed by atoms with van der Waals surface area (Å²) in [6.07, 6.45) is 8.72. The van der Waals surface area contributed by atoms with E-state index in [2.05, 4.69) is 51.5 Å². The summed E-state index contributed by atoms with van der Waals surface area (Å²) >= 11 is 0. The van der Waals surface area contributed by atoms with Gasteiger partial charge in [-0.3, -0.25) is 0 Å². The quantitative estimate of drug-likeness (QED) is 0.586. The van der Waals surface area contributed by atoms with E-state index in [1.165, 1.54) is 37.7 Å². The fourth-order valence-corrected chi connectivity index (χ4v) is 5.35. The number of nitrogens with one attached hydrogen (secondary N) is 1. The number of rotatable bonds is 6. The summed E-state index contributed by atoms with van der Waals surface area (Å²) in [6, 6.07) is 9.63. The van der Waals surface area contributed by atoms with Crippen LogP contribution in [0, 0.1) is 6.92 Å². The molecule has 3 aromatic rings. The van der Waals surface area contributed by atoms with Gasteiger partial charge in [0.25, 0.3) is 5.89 Å². The minimum atomic E-state index is 0.109. The van der Waals surface area contributed by atoms with Crippen LogP contribution in [0.2, 0.25) is 0 Å². The fraction of sp³-hybridized carbons (Fsp3) is 0.577. The van der Waals surface area contributed by atoms with Crippen molar-refractivity contribution in [2.45, 2.75) is 77.0 Å². The lowest BCUT2D eigenvalue weighted by Crippen LogP contribution is -2.56. The van der Waals surface area contributed by atoms with Gasteiger partial charge in [0.1, 0.15) is 5.82 Å². The second-order valence-electron chi connectivity index (χ2n) is 9.50. The molecule has 1 aliphatic carbocycles. The Kier molecular flexibility index (Phi) is 6.60. The number of benzene rings is 1. The number of ether oxygens (including phenoxy) is 1. The molecule has 2 aromatic heterocycles. The van der Waals surface area contributed by atoms with Crippen LogP contribution in [0.1, 0.15) is 56.8 Å². The highest BCUT2D eigenvalue weighted by molar-refractivity contribution is 5.88. The summed E-state index contributed by atoms with van der Waals surface area (Å²) in [5.74, 6) is 2.05. The zero-order valence-electron chi connectivity index (χ0n) is 20.0. The lowest BCUT2D eigenvalue weighted by Gasteiger charge is -2.41. The number of pyridine rings is 1. The topological polar surface area (TPSA) is 76.3 Å². The second kappa shape index (κ2) is 9.77. The molecule has 33 heavy (non-hydrogen) atoms. The molecule has 0 amide bonds. The smallest absolute Gasteiger partial charge is 0.261 e. The molecule has 7 nitrogen and oxygen atoms in total. The number of anilines is 1. The standard InChI is InChI=1S/C26H35N5O2/c1-4-18-10-11-22-19(14-18)15-21(26-27-17(2)30-33-26)25(29-22)31-13-12-23(24(16-31)32-3)28-20-8-6-5-7-9-20/h10-11,14-15,20,23-24,28H,4-9,12-13,16H2,1-3H3. The third-order valence-electron chi connectivity index (χ3n) is 7.24. The molecule has 0 radical (unpaired) electrons. The first-order valence-electron chi connectivity index (χ1n) is 12.4. The van der Waals surface area contributed by atoms with Crippen LogP contribution < -0.4 is 10.2 Å². The lowest BCUT2D eigenvalue weighted by atomic mass is 9.92. The van der Waals surface area contributed by atoms with E-state index in [-0.39, 0.29) is 6.10 Å². The molecule has 2 fully saturated rings. The van der Waals surface area contributed by atoms with Crippen molar-refractivity contribution in [1.82, 2.24) is 20.4 Å². The molecule has 0 bridgehead atoms. The Morgan fingerprint density at radius 2 is 1.97 bits per heavy atom. The Labute approximate surface area is 195 Å². The van der Waals surface area contributed by atoms with Crippen molar-refractivity contribution in [3.63, 3.8) is 0 Å². The SMILES string of the molecule is CCc1ccc2nc(N3CCC(NC4CCCCC4)C(OC)C3)c(-c3nc(C)no3)cc2c1. The molecule has 176 valence electrons. The average molecular weight is 450 g/mol. The predicted octanol–water partition coefficient (Wildman–Crippen LogP) is 4.67. The van der Waals surface area contributed by atoms with Crippen LogP contribution in [0.25, 0.3) is 22.4 Å². The van der Waals surface area contributed by atoms with Crippen molar-refractivity contribution in [2.24, 2.45) is 0 Å². The third kappa shape index (κ3) is 4.75. The van der Waals surface area contributed by atoms with Crippen LogP contribution >= 0.6 is 0 Å². The molecular formula is C26H35N5O2. The highest BCUT2D eigenvalue weighted by Gasteiger charge is 2.33. The predicted molar refractivity (Wildman–Crippen MR) is 131 cm³/mol. The van der Waals surface area contributed by atoms with Crippen LogP contribution in [0.5, 0.6) is 0 Å². The Bertz CT molecular complexity index is 1090. The molecule has 2 atom stereocenters. The monoisotopic (exact) mass is 449 g/mol. The number of fused-ring (bicyclic) bond motifs is 1. The Hall–Kier alpha value is -2.51. The first kappa shape index (κ1) is 22.3. The molecule has 1 aliphatic heterocycles. The van der Waals surface area contributed by atoms with E-state index >= 15 is 0 Å². The first-order chi connectivity index (χ1) is 16.1. The molecule has 1 N–H and O–H groups in total. The third-order valence-corrected chi connectivity index (χ3v) is 7.24. The molecule has 1 aromatic carbocycles. The Morgan fingerprint density at radius 3 is 2.70 bits per heavy atom. The van der Waals surface area contributed by atoms with Gasteiger partial charge in [0, 0.05) is 37.7 Å². The maximum absolute atomic E-state index is 5.98. The van der Waals surface area contributed by atoms with Gasteiger partial charge in [-0.15, -0.1) is 0 Å². The molecule has 5 rings (SSSR count). The number of hydrogen-bond donors (Lipinski definition) is 1. The fourth-order valence-electron chi connectivity index (χ4n) is 5.35. The highest BCUT2D eigenvalue weighted by atomic mass is 16.5. The van der Waals surface area contributed by atoms with Crippen LogP contribution in [-0.2, 0) is 11.2 Å². The van der Waals surface area contributed by atoms with Crippen LogP contribution in [-0.4, -0.2) is 53.5 Å². The van der Waals surface area contributed by atoms with E-state index in [1.54, 1.807) is 0 Å². The van der Waals surface area contributed by atoms with Gasteiger partial charge in [-0.05, 0) is 56.4 Å². The molecular weight excluding hydrogens is 414 g/mol. The van der Waals surface area contributed by atoms with Gasteiger partial charge in [-0.2, -0.15) is 4.98 Å². The molecule has 0 spiro atoms. The molecule has 1 saturated heterocycles. The van der Waals surface area contributed by atoms with E-state index in [9.17, 15) is 0 Å². The van der Waals surface area contributed by atoms with E-state index in [4.69, 9.17) is 14.2 Å². The molecule has 1 saturated carbocycles. The second-order valence-corrected chi connectivity index (χ2v) is 9.50. The van der Waals surface area contributed by atoms with Crippen molar-refractivity contribution >= 4 is 16.7 Å². The van der Waals surface area contributed by atoms with Crippen molar-refractivity contribution < 1.29 is 9.26 Å². The highest BCUT2D eigenvalue weighted by Crippen LogP contribution is 2.34. The zero-order valence-corrected chi connectivity index (χ0v) is 20.0. The average Bonchev–Trinajstić information content (AvgIpc) is 3.29. The van der Waals surface area contributed by atoms with Gasteiger partial charge in [0.2, 0.25) is 0 Å². The van der Waals surface area contributed by atoms with Crippen molar-refractivity contribution in [3.05, 3.63) is 35.7 Å². The van der Waals surface area contributed by atoms with Gasteiger partial charge in [0.15, 0.2) is 5.82 Å². The Balaban J connectivity index is 1.45. The van der Waals surface area contributed by atoms with Crippen LogP contribution in [0.15, 0.2) is 28.8 Å². The summed E-state index contributed by atoms with van der Waals surface area (Å²) in [4.78, 5) is 11.9. The number of methoxy groups -OCH3 is 1. The summed E-state index contributed by atoms with van der Waals surface area (Å²) in [5.41, 5.74) is 3.17. The van der Waals surface area contributed by atoms with Crippen LogP contribution in [0.3, 0.4) is 0 Å². The molecule has 2 aliphatic rings. The lowest BCUT2D eigenvalue weighted by molar-refractivity contribution is 0.0534. The van der Waals surface area contributed by atoms with E-state index < -0.39 is 0 Å². The summed E-state index contributed by atoms with van der Waals surface area (Å²) in [7, 11) is 1.83. The van der Waals surface area contributed by atoms with Crippen molar-refractivity contribution in [1.29, 1.82) is 0 Å². The number of hydrogen-bond acceptors (Lipinski definition) is 7. The van der Waals surface area contributed by atoms with Gasteiger partial charge < -0.3 is 19.5 Å². The summed E-state index contributed by atoms with van der Waals surface area (Å²) in [5, 5.41) is 9.04. The van der Waals surface area contributed by atoms with E-state index in [0.29, 0.717) is 23.8 Å². The van der Waals surface area contributed by atoms with Crippen molar-refractivity contribution in [2.75, 3.05) is 25.1 Å². The number of nitrogens with zero attached hydrogens (tertiary/aromatic N) is 4. The summed E-state index contributed by atoms with van der Waals surface area (Å²) in [6.45, 7) is 5.71. The maximum atomic E-state index is 5.98. The van der Waals surface area contributed by atoms with Gasteiger partial charge in [-0.25, -0.2) is 4.98 Å². The molecule has 7 heteroatoms. The van der Waals surface area contributed by atoms with E-state index in [0.717, 1.165) is 48.2 Å². The minimum absolute atomic E-state index is 0.109. The number of piperidine rings is 1. The zero-order chi connectivity index (χ0) is 22.8. The van der Waals surface area contributed by atoms with Gasteiger partial charge in [-0.1, -0.05) is 37.4 Å². The molecule has 2 unspecified atom stereocenters. The first-order valence-corrected chi connectivity index (χ1v) is 12.4. The van der Waals surface area contributed by atoms with Gasteiger partial charge >= 0.3 is 0 Å². The molecule has 3 heterocycles. The maximum Gasteiger partial charge on any atom is 0.261 e. The minimum Gasteiger partial charge on any atom is -0.378 e. The number of aryl methyl sites for hydroxylation is 2. The van der Waals surface area contributed by atoms with Crippen LogP contribution in [0.4, 0.5) is 5.82 Å². The normalized spacial score (nSPS) is 22.2. The van der Waals surface area contributed by atoms with Gasteiger partial charge in [0.05, 0.1) is 17.2 Å². The van der Waals surface area contributed by atoms with Crippen molar-refractivity contribution in [3.8, 4) is 11.5 Å². The summed E-state index contributed by atoms with van der Waals surface area (Å²) < 4.78 is 11.6.